The lowest BCUT2D eigenvalue weighted by Crippen LogP contribution is -2.46. The molecule has 1 N–H and O–H groups in total. The molecule has 0 aliphatic carbocycles. The zero-order valence-electron chi connectivity index (χ0n) is 13.5. The molecule has 3 rings (SSSR count). The lowest BCUT2D eigenvalue weighted by molar-refractivity contribution is 0.144. The van der Waals surface area contributed by atoms with Gasteiger partial charge in [0.05, 0.1) is 6.04 Å². The smallest absolute Gasteiger partial charge is 0.127 e. The third-order valence-electron chi connectivity index (χ3n) is 4.38. The number of aryl methyl sites for hydroxylation is 3. The van der Waals surface area contributed by atoms with Crippen LogP contribution in [0.1, 0.15) is 28.6 Å². The van der Waals surface area contributed by atoms with Crippen molar-refractivity contribution in [1.82, 2.24) is 19.8 Å². The Morgan fingerprint density at radius 3 is 2.82 bits per heavy atom. The van der Waals surface area contributed by atoms with E-state index in [2.05, 4.69) is 58.9 Å². The highest BCUT2D eigenvalue weighted by molar-refractivity contribution is 5.85. The van der Waals surface area contributed by atoms with Crippen molar-refractivity contribution in [3.05, 3.63) is 53.1 Å². The Hall–Kier alpha value is -1.36. The normalized spacial score (nSPS) is 19.0. The summed E-state index contributed by atoms with van der Waals surface area (Å²) in [6.45, 7) is 8.43. The second-order valence-electron chi connectivity index (χ2n) is 6.02. The average Bonchev–Trinajstić information content (AvgIpc) is 2.89. The van der Waals surface area contributed by atoms with Gasteiger partial charge in [0.1, 0.15) is 5.82 Å². The van der Waals surface area contributed by atoms with E-state index in [-0.39, 0.29) is 12.4 Å². The molecule has 0 spiro atoms. The molecular formula is C17H25ClN4. The Morgan fingerprint density at radius 1 is 1.32 bits per heavy atom. The molecule has 120 valence electrons. The van der Waals surface area contributed by atoms with Crippen molar-refractivity contribution in [1.29, 1.82) is 0 Å². The summed E-state index contributed by atoms with van der Waals surface area (Å²) in [5.74, 6) is 1.15. The first-order valence-corrected chi connectivity index (χ1v) is 7.63. The molecule has 4 nitrogen and oxygen atoms in total. The van der Waals surface area contributed by atoms with Crippen LogP contribution in [0.25, 0.3) is 0 Å². The molecule has 1 aromatic carbocycles. The molecule has 5 heteroatoms. The Balaban J connectivity index is 0.00000176. The van der Waals surface area contributed by atoms with E-state index in [1.54, 1.807) is 0 Å². The molecule has 1 unspecified atom stereocenters. The number of nitrogens with one attached hydrogen (secondary N) is 1. The predicted molar refractivity (Wildman–Crippen MR) is 92.4 cm³/mol. The first-order valence-electron chi connectivity index (χ1n) is 7.63. The number of aromatic nitrogens is 2. The maximum atomic E-state index is 4.55. The molecule has 0 amide bonds. The topological polar surface area (TPSA) is 33.1 Å². The molecule has 2 heterocycles. The summed E-state index contributed by atoms with van der Waals surface area (Å²) in [6.07, 6.45) is 3.92. The summed E-state index contributed by atoms with van der Waals surface area (Å²) < 4.78 is 2.13. The minimum absolute atomic E-state index is 0. The van der Waals surface area contributed by atoms with Crippen molar-refractivity contribution in [3.8, 4) is 0 Å². The van der Waals surface area contributed by atoms with E-state index >= 15 is 0 Å². The Kier molecular flexibility index (Phi) is 5.62. The van der Waals surface area contributed by atoms with Crippen molar-refractivity contribution in [2.75, 3.05) is 19.6 Å². The van der Waals surface area contributed by atoms with Crippen LogP contribution in [-0.4, -0.2) is 34.1 Å². The van der Waals surface area contributed by atoms with E-state index in [0.717, 1.165) is 32.0 Å². The minimum Gasteiger partial charge on any atom is -0.337 e. The van der Waals surface area contributed by atoms with Gasteiger partial charge in [-0.15, -0.1) is 12.4 Å². The highest BCUT2D eigenvalue weighted by Crippen LogP contribution is 2.24. The van der Waals surface area contributed by atoms with Crippen molar-refractivity contribution < 1.29 is 0 Å². The molecule has 1 atom stereocenters. The minimum atomic E-state index is 0. The number of halogens is 1. The molecule has 1 aliphatic heterocycles. The van der Waals surface area contributed by atoms with Gasteiger partial charge >= 0.3 is 0 Å². The average molecular weight is 321 g/mol. The lowest BCUT2D eigenvalue weighted by Gasteiger charge is -2.36. The highest BCUT2D eigenvalue weighted by atomic mass is 35.5. The van der Waals surface area contributed by atoms with Crippen molar-refractivity contribution in [2.45, 2.75) is 26.4 Å². The van der Waals surface area contributed by atoms with E-state index in [0.29, 0.717) is 6.04 Å². The molecule has 1 aromatic heterocycles. The highest BCUT2D eigenvalue weighted by Gasteiger charge is 2.26. The van der Waals surface area contributed by atoms with Gasteiger partial charge in [-0.25, -0.2) is 4.98 Å². The number of rotatable bonds is 3. The fraction of sp³-hybridized carbons (Fsp3) is 0.471. The molecule has 1 saturated heterocycles. The summed E-state index contributed by atoms with van der Waals surface area (Å²) in [6, 6.07) is 7.09. The van der Waals surface area contributed by atoms with Gasteiger partial charge in [-0.3, -0.25) is 4.90 Å². The predicted octanol–water partition coefficient (Wildman–Crippen LogP) is 2.61. The van der Waals surface area contributed by atoms with E-state index in [1.165, 1.54) is 16.7 Å². The number of hydrogen-bond donors (Lipinski definition) is 1. The SMILES string of the molecule is Cc1ccc(CN2CCNCC2c2nccn2C)c(C)c1.Cl. The Bertz CT molecular complexity index is 623. The molecule has 1 fully saturated rings. The number of hydrogen-bond acceptors (Lipinski definition) is 3. The number of piperazine rings is 1. The van der Waals surface area contributed by atoms with Gasteiger partial charge in [0, 0.05) is 45.6 Å². The summed E-state index contributed by atoms with van der Waals surface area (Å²) in [5, 5.41) is 3.49. The van der Waals surface area contributed by atoms with E-state index in [1.807, 2.05) is 12.4 Å². The third-order valence-corrected chi connectivity index (χ3v) is 4.38. The standard InChI is InChI=1S/C17H24N4.ClH/c1-13-4-5-15(14(2)10-13)12-21-9-6-18-11-16(21)17-19-7-8-20(17)3;/h4-5,7-8,10,16,18H,6,9,11-12H2,1-3H3;1H. The van der Waals surface area contributed by atoms with E-state index in [9.17, 15) is 0 Å². The number of nitrogens with zero attached hydrogens (tertiary/aromatic N) is 3. The van der Waals surface area contributed by atoms with Crippen LogP contribution in [0.3, 0.4) is 0 Å². The summed E-state index contributed by atoms with van der Waals surface area (Å²) >= 11 is 0. The van der Waals surface area contributed by atoms with Crippen LogP contribution in [-0.2, 0) is 13.6 Å². The number of imidazole rings is 1. The maximum absolute atomic E-state index is 4.55. The van der Waals surface area contributed by atoms with E-state index in [4.69, 9.17) is 0 Å². The third kappa shape index (κ3) is 3.51. The van der Waals surface area contributed by atoms with Gasteiger partial charge in [-0.05, 0) is 25.0 Å². The summed E-state index contributed by atoms with van der Waals surface area (Å²) in [5.41, 5.74) is 4.13. The van der Waals surface area contributed by atoms with Crippen LogP contribution in [0.15, 0.2) is 30.6 Å². The Labute approximate surface area is 139 Å². The van der Waals surface area contributed by atoms with Crippen LogP contribution in [0.4, 0.5) is 0 Å². The molecule has 0 saturated carbocycles. The fourth-order valence-corrected chi connectivity index (χ4v) is 3.13. The quantitative estimate of drug-likeness (QED) is 0.943. The second-order valence-corrected chi connectivity index (χ2v) is 6.02. The van der Waals surface area contributed by atoms with E-state index < -0.39 is 0 Å². The van der Waals surface area contributed by atoms with Crippen LogP contribution in [0, 0.1) is 13.8 Å². The summed E-state index contributed by atoms with van der Waals surface area (Å²) in [4.78, 5) is 7.09. The van der Waals surface area contributed by atoms with Crippen molar-refractivity contribution in [2.24, 2.45) is 7.05 Å². The van der Waals surface area contributed by atoms with Crippen LogP contribution in [0.2, 0.25) is 0 Å². The monoisotopic (exact) mass is 320 g/mol. The largest absolute Gasteiger partial charge is 0.337 e. The number of benzene rings is 1. The van der Waals surface area contributed by atoms with Gasteiger partial charge in [0.2, 0.25) is 0 Å². The van der Waals surface area contributed by atoms with Crippen molar-refractivity contribution >= 4 is 12.4 Å². The first kappa shape index (κ1) is 17.0. The van der Waals surface area contributed by atoms with Gasteiger partial charge in [-0.1, -0.05) is 23.8 Å². The van der Waals surface area contributed by atoms with Crippen LogP contribution < -0.4 is 5.32 Å². The first-order chi connectivity index (χ1) is 10.1. The lowest BCUT2D eigenvalue weighted by atomic mass is 10.0. The maximum Gasteiger partial charge on any atom is 0.127 e. The van der Waals surface area contributed by atoms with Crippen molar-refractivity contribution in [3.63, 3.8) is 0 Å². The molecule has 0 radical (unpaired) electrons. The van der Waals surface area contributed by atoms with Gasteiger partial charge in [-0.2, -0.15) is 0 Å². The second kappa shape index (κ2) is 7.27. The zero-order chi connectivity index (χ0) is 14.8. The Morgan fingerprint density at radius 2 is 2.14 bits per heavy atom. The van der Waals surface area contributed by atoms with Gasteiger partial charge in [0.15, 0.2) is 0 Å². The summed E-state index contributed by atoms with van der Waals surface area (Å²) in [7, 11) is 2.08. The molecule has 0 bridgehead atoms. The van der Waals surface area contributed by atoms with Crippen LogP contribution in [0.5, 0.6) is 0 Å². The van der Waals surface area contributed by atoms with Gasteiger partial charge < -0.3 is 9.88 Å². The molecular weight excluding hydrogens is 296 g/mol. The van der Waals surface area contributed by atoms with Gasteiger partial charge in [0.25, 0.3) is 0 Å². The fourth-order valence-electron chi connectivity index (χ4n) is 3.13. The molecule has 2 aromatic rings. The van der Waals surface area contributed by atoms with Crippen LogP contribution >= 0.6 is 12.4 Å². The molecule has 1 aliphatic rings. The molecule has 22 heavy (non-hydrogen) atoms. The zero-order valence-corrected chi connectivity index (χ0v) is 14.4.